The maximum atomic E-state index is 12.0. The molecule has 3 rings (SSSR count). The molecule has 1 N–H and O–H groups in total. The first-order valence-electron chi connectivity index (χ1n) is 5.72. The van der Waals surface area contributed by atoms with E-state index in [2.05, 4.69) is 15.3 Å². The lowest BCUT2D eigenvalue weighted by Crippen LogP contribution is -2.14. The number of hydrogen-bond acceptors (Lipinski definition) is 5. The molecule has 1 aliphatic heterocycles. The van der Waals surface area contributed by atoms with Crippen molar-refractivity contribution in [3.05, 3.63) is 42.0 Å². The van der Waals surface area contributed by atoms with E-state index in [0.29, 0.717) is 22.9 Å². The van der Waals surface area contributed by atoms with Crippen LogP contribution in [0.1, 0.15) is 16.2 Å². The van der Waals surface area contributed by atoms with Crippen LogP contribution in [0.25, 0.3) is 0 Å². The number of fused-ring (bicyclic) bond motifs is 1. The molecule has 0 atom stereocenters. The number of hydrogen-bond donors (Lipinski definition) is 1. The molecule has 0 fully saturated rings. The topological polar surface area (TPSA) is 73.3 Å². The molecular formula is C13H11N3O3. The summed E-state index contributed by atoms with van der Waals surface area (Å²) in [6, 6.07) is 6.85. The first kappa shape index (κ1) is 11.5. The van der Waals surface area contributed by atoms with Crippen LogP contribution < -0.4 is 14.8 Å². The molecule has 1 aromatic carbocycles. The molecule has 2 heterocycles. The summed E-state index contributed by atoms with van der Waals surface area (Å²) in [7, 11) is 0. The Labute approximate surface area is 109 Å². The average Bonchev–Trinajstić information content (AvgIpc) is 2.86. The molecule has 0 unspecified atom stereocenters. The molecule has 1 amide bonds. The zero-order valence-electron chi connectivity index (χ0n) is 10.2. The smallest absolute Gasteiger partial charge is 0.274 e. The number of benzene rings is 1. The lowest BCUT2D eigenvalue weighted by molar-refractivity contribution is 0.102. The van der Waals surface area contributed by atoms with Gasteiger partial charge in [0.1, 0.15) is 12.0 Å². The van der Waals surface area contributed by atoms with E-state index < -0.39 is 0 Å². The van der Waals surface area contributed by atoms with Crippen LogP contribution in [0.2, 0.25) is 0 Å². The Morgan fingerprint density at radius 3 is 2.89 bits per heavy atom. The van der Waals surface area contributed by atoms with Gasteiger partial charge in [0, 0.05) is 17.4 Å². The Bertz CT molecular complexity index is 643. The summed E-state index contributed by atoms with van der Waals surface area (Å²) in [6.45, 7) is 2.01. The number of amides is 1. The van der Waals surface area contributed by atoms with Crippen molar-refractivity contribution in [2.75, 3.05) is 12.1 Å². The predicted octanol–water partition coefficient (Wildman–Crippen LogP) is 1.77. The molecule has 0 spiro atoms. The van der Waals surface area contributed by atoms with Gasteiger partial charge in [-0.3, -0.25) is 4.79 Å². The molecule has 0 bridgehead atoms. The SMILES string of the molecule is Cc1cc(C(=O)Nc2ccc3c(c2)OCO3)ncn1. The number of nitrogens with zero attached hydrogens (tertiary/aromatic N) is 2. The van der Waals surface area contributed by atoms with Gasteiger partial charge in [-0.2, -0.15) is 0 Å². The summed E-state index contributed by atoms with van der Waals surface area (Å²) >= 11 is 0. The Balaban J connectivity index is 1.80. The minimum Gasteiger partial charge on any atom is -0.454 e. The third kappa shape index (κ3) is 2.33. The van der Waals surface area contributed by atoms with Crippen LogP contribution in [-0.2, 0) is 0 Å². The van der Waals surface area contributed by atoms with Gasteiger partial charge in [-0.25, -0.2) is 9.97 Å². The Morgan fingerprint density at radius 1 is 1.21 bits per heavy atom. The minimum atomic E-state index is -0.288. The maximum absolute atomic E-state index is 12.0. The van der Waals surface area contributed by atoms with Crippen molar-refractivity contribution in [2.45, 2.75) is 6.92 Å². The second-order valence-corrected chi connectivity index (χ2v) is 4.07. The summed E-state index contributed by atoms with van der Waals surface area (Å²) < 4.78 is 10.4. The van der Waals surface area contributed by atoms with Crippen molar-refractivity contribution in [3.63, 3.8) is 0 Å². The fraction of sp³-hybridized carbons (Fsp3) is 0.154. The third-order valence-electron chi connectivity index (χ3n) is 2.67. The van der Waals surface area contributed by atoms with Crippen molar-refractivity contribution in [2.24, 2.45) is 0 Å². The number of nitrogens with one attached hydrogen (secondary N) is 1. The molecule has 6 heteroatoms. The fourth-order valence-electron chi connectivity index (χ4n) is 1.75. The molecule has 0 saturated carbocycles. The van der Waals surface area contributed by atoms with E-state index in [1.165, 1.54) is 6.33 Å². The summed E-state index contributed by atoms with van der Waals surface area (Å²) in [4.78, 5) is 19.9. The van der Waals surface area contributed by atoms with Crippen LogP contribution in [0, 0.1) is 6.92 Å². The maximum Gasteiger partial charge on any atom is 0.274 e. The van der Waals surface area contributed by atoms with E-state index in [4.69, 9.17) is 9.47 Å². The van der Waals surface area contributed by atoms with Gasteiger partial charge in [-0.1, -0.05) is 0 Å². The molecule has 1 aromatic heterocycles. The highest BCUT2D eigenvalue weighted by Crippen LogP contribution is 2.34. The molecule has 19 heavy (non-hydrogen) atoms. The van der Waals surface area contributed by atoms with Crippen LogP contribution in [0.4, 0.5) is 5.69 Å². The van der Waals surface area contributed by atoms with E-state index in [9.17, 15) is 4.79 Å². The van der Waals surface area contributed by atoms with Crippen LogP contribution in [0.5, 0.6) is 11.5 Å². The zero-order chi connectivity index (χ0) is 13.2. The lowest BCUT2D eigenvalue weighted by atomic mass is 10.2. The van der Waals surface area contributed by atoms with Crippen LogP contribution >= 0.6 is 0 Å². The van der Waals surface area contributed by atoms with Gasteiger partial charge < -0.3 is 14.8 Å². The molecule has 2 aromatic rings. The molecule has 1 aliphatic rings. The lowest BCUT2D eigenvalue weighted by Gasteiger charge is -2.05. The highest BCUT2D eigenvalue weighted by molar-refractivity contribution is 6.03. The van der Waals surface area contributed by atoms with Crippen LogP contribution in [0.15, 0.2) is 30.6 Å². The zero-order valence-corrected chi connectivity index (χ0v) is 10.2. The molecule has 0 radical (unpaired) electrons. The van der Waals surface area contributed by atoms with Crippen molar-refractivity contribution in [3.8, 4) is 11.5 Å². The Kier molecular flexibility index (Phi) is 2.75. The summed E-state index contributed by atoms with van der Waals surface area (Å²) in [5.74, 6) is 1.01. The van der Waals surface area contributed by atoms with Crippen LogP contribution in [-0.4, -0.2) is 22.7 Å². The monoisotopic (exact) mass is 257 g/mol. The summed E-state index contributed by atoms with van der Waals surface area (Å²) in [6.07, 6.45) is 1.36. The number of ether oxygens (including phenoxy) is 2. The average molecular weight is 257 g/mol. The Hall–Kier alpha value is -2.63. The number of carbonyl (C=O) groups excluding carboxylic acids is 1. The summed E-state index contributed by atoms with van der Waals surface area (Å²) in [5, 5.41) is 2.75. The molecule has 0 aliphatic carbocycles. The van der Waals surface area contributed by atoms with E-state index in [0.717, 1.165) is 5.69 Å². The normalized spacial score (nSPS) is 12.3. The van der Waals surface area contributed by atoms with E-state index in [1.54, 1.807) is 31.2 Å². The van der Waals surface area contributed by atoms with Gasteiger partial charge in [-0.15, -0.1) is 0 Å². The fourth-order valence-corrected chi connectivity index (χ4v) is 1.75. The van der Waals surface area contributed by atoms with Crippen molar-refractivity contribution in [1.29, 1.82) is 0 Å². The molecular weight excluding hydrogens is 246 g/mol. The van der Waals surface area contributed by atoms with Crippen LogP contribution in [0.3, 0.4) is 0 Å². The second kappa shape index (κ2) is 4.56. The van der Waals surface area contributed by atoms with Gasteiger partial charge in [0.25, 0.3) is 5.91 Å². The number of rotatable bonds is 2. The first-order valence-corrected chi connectivity index (χ1v) is 5.72. The Morgan fingerprint density at radius 2 is 2.05 bits per heavy atom. The standard InChI is InChI=1S/C13H11N3O3/c1-8-4-10(15-6-14-8)13(17)16-9-2-3-11-12(5-9)19-7-18-11/h2-6H,7H2,1H3,(H,16,17). The third-order valence-corrected chi connectivity index (χ3v) is 2.67. The number of aromatic nitrogens is 2. The molecule has 0 saturated heterocycles. The number of carbonyl (C=O) groups is 1. The highest BCUT2D eigenvalue weighted by Gasteiger charge is 2.15. The second-order valence-electron chi connectivity index (χ2n) is 4.07. The quantitative estimate of drug-likeness (QED) is 0.887. The van der Waals surface area contributed by atoms with Gasteiger partial charge in [-0.05, 0) is 25.1 Å². The predicted molar refractivity (Wildman–Crippen MR) is 67.3 cm³/mol. The number of aryl methyl sites for hydroxylation is 1. The largest absolute Gasteiger partial charge is 0.454 e. The van der Waals surface area contributed by atoms with Gasteiger partial charge in [0.2, 0.25) is 6.79 Å². The number of anilines is 1. The minimum absolute atomic E-state index is 0.206. The highest BCUT2D eigenvalue weighted by atomic mass is 16.7. The molecule has 6 nitrogen and oxygen atoms in total. The van der Waals surface area contributed by atoms with Crippen molar-refractivity contribution in [1.82, 2.24) is 9.97 Å². The van der Waals surface area contributed by atoms with Gasteiger partial charge in [0.05, 0.1) is 0 Å². The van der Waals surface area contributed by atoms with Gasteiger partial charge in [0.15, 0.2) is 11.5 Å². The van der Waals surface area contributed by atoms with Crippen molar-refractivity contribution >= 4 is 11.6 Å². The van der Waals surface area contributed by atoms with E-state index >= 15 is 0 Å². The van der Waals surface area contributed by atoms with E-state index in [-0.39, 0.29) is 12.7 Å². The van der Waals surface area contributed by atoms with Gasteiger partial charge >= 0.3 is 0 Å². The molecule has 96 valence electrons. The van der Waals surface area contributed by atoms with E-state index in [1.807, 2.05) is 0 Å². The summed E-state index contributed by atoms with van der Waals surface area (Å²) in [5.41, 5.74) is 1.70. The first-order chi connectivity index (χ1) is 9.22. The van der Waals surface area contributed by atoms with Crippen molar-refractivity contribution < 1.29 is 14.3 Å².